The Hall–Kier alpha value is -3.41. The molecule has 0 aromatic rings. The molecule has 0 N–H and O–H groups in total. The topological polar surface area (TPSA) is 78.9 Å². The van der Waals surface area contributed by atoms with Gasteiger partial charge in [-0.2, -0.15) is 0 Å². The Kier molecular flexibility index (Phi) is 61.2. The predicted octanol–water partition coefficient (Wildman–Crippen LogP) is 22.3. The molecule has 0 bridgehead atoms. The summed E-state index contributed by atoms with van der Waals surface area (Å²) in [4.78, 5) is 38.4. The number of esters is 3. The van der Waals surface area contributed by atoms with Gasteiger partial charge in [-0.15, -0.1) is 0 Å². The maximum atomic E-state index is 12.9. The third kappa shape index (κ3) is 61.4. The molecule has 0 aromatic carbocycles. The van der Waals surface area contributed by atoms with Crippen molar-refractivity contribution in [3.63, 3.8) is 0 Å². The van der Waals surface area contributed by atoms with Crippen LogP contribution in [0, 0.1) is 0 Å². The predicted molar refractivity (Wildman–Crippen MR) is 330 cm³/mol. The van der Waals surface area contributed by atoms with Crippen molar-refractivity contribution in [2.45, 2.75) is 329 Å². The summed E-state index contributed by atoms with van der Waals surface area (Å²) in [7, 11) is 0. The zero-order chi connectivity index (χ0) is 55.0. The van der Waals surface area contributed by atoms with Crippen molar-refractivity contribution in [1.82, 2.24) is 0 Å². The van der Waals surface area contributed by atoms with E-state index < -0.39 is 6.10 Å². The molecule has 6 nitrogen and oxygen atoms in total. The Balaban J connectivity index is 4.39. The molecule has 0 rings (SSSR count). The molecule has 0 aromatic heterocycles. The lowest BCUT2D eigenvalue weighted by Crippen LogP contribution is -2.30. The standard InChI is InChI=1S/C70H122O6/c1-4-7-10-13-16-19-22-25-28-31-33-34-35-36-38-39-42-45-48-51-54-57-60-63-69(72)75-66-67(65-74-68(71)62-59-56-53-50-47-44-41-30-27-24-21-18-15-12-9-6-3)76-70(73)64-61-58-55-52-49-46-43-40-37-32-29-26-23-20-17-14-11-8-5-2/h8,11,17,20,22,25-26,29,31,33,37,40,46,49,67H,4-7,9-10,12-16,18-19,21,23-24,27-28,30,32,34-36,38-39,41-45,47-48,50-66H2,1-3H3/b11-8-,20-17-,25-22-,29-26-,33-31-,40-37-,49-46-. The van der Waals surface area contributed by atoms with Gasteiger partial charge in [0, 0.05) is 19.3 Å². The highest BCUT2D eigenvalue weighted by Crippen LogP contribution is 2.17. The van der Waals surface area contributed by atoms with E-state index in [0.29, 0.717) is 19.3 Å². The van der Waals surface area contributed by atoms with Crippen molar-refractivity contribution in [3.05, 3.63) is 85.1 Å². The highest BCUT2D eigenvalue weighted by molar-refractivity contribution is 5.71. The van der Waals surface area contributed by atoms with Crippen LogP contribution in [0.3, 0.4) is 0 Å². The molecule has 0 fully saturated rings. The summed E-state index contributed by atoms with van der Waals surface area (Å²) < 4.78 is 16.9. The first-order chi connectivity index (χ1) is 37.5. The van der Waals surface area contributed by atoms with E-state index in [4.69, 9.17) is 14.2 Å². The Morgan fingerprint density at radius 2 is 0.513 bits per heavy atom. The summed E-state index contributed by atoms with van der Waals surface area (Å²) in [5, 5.41) is 0. The lowest BCUT2D eigenvalue weighted by molar-refractivity contribution is -0.167. The van der Waals surface area contributed by atoms with Crippen LogP contribution in [0.4, 0.5) is 0 Å². The highest BCUT2D eigenvalue weighted by Gasteiger charge is 2.19. The van der Waals surface area contributed by atoms with Gasteiger partial charge in [-0.1, -0.05) is 292 Å². The van der Waals surface area contributed by atoms with Crippen LogP contribution in [0.2, 0.25) is 0 Å². The number of hydrogen-bond acceptors (Lipinski definition) is 6. The van der Waals surface area contributed by atoms with Gasteiger partial charge in [0.1, 0.15) is 13.2 Å². The van der Waals surface area contributed by atoms with Gasteiger partial charge in [0.25, 0.3) is 0 Å². The van der Waals surface area contributed by atoms with Crippen LogP contribution in [0.5, 0.6) is 0 Å². The van der Waals surface area contributed by atoms with Gasteiger partial charge < -0.3 is 14.2 Å². The molecule has 1 atom stereocenters. The fourth-order valence-corrected chi connectivity index (χ4v) is 9.27. The molecule has 0 saturated carbocycles. The van der Waals surface area contributed by atoms with Gasteiger partial charge in [-0.3, -0.25) is 14.4 Å². The normalized spacial score (nSPS) is 12.6. The molecule has 0 spiro atoms. The van der Waals surface area contributed by atoms with E-state index in [1.54, 1.807) is 0 Å². The quantitative estimate of drug-likeness (QED) is 0.0261. The van der Waals surface area contributed by atoms with Gasteiger partial charge in [-0.25, -0.2) is 0 Å². The van der Waals surface area contributed by atoms with E-state index in [0.717, 1.165) is 103 Å². The SMILES string of the molecule is CC/C=C\C/C=C\C/C=C\C/C=C\C/C=C\CCCCCC(=O)OC(COC(=O)CCCCCCCCCCCCC/C=C\C/C=C\CCCCCCC)COC(=O)CCCCCCCCCCCCCCCCCC. The van der Waals surface area contributed by atoms with E-state index in [1.807, 2.05) is 0 Å². The molecule has 0 radical (unpaired) electrons. The second kappa shape index (κ2) is 64.1. The lowest BCUT2D eigenvalue weighted by Gasteiger charge is -2.18. The summed E-state index contributed by atoms with van der Waals surface area (Å²) in [6.45, 7) is 6.53. The minimum atomic E-state index is -0.795. The van der Waals surface area contributed by atoms with Crippen molar-refractivity contribution in [1.29, 1.82) is 0 Å². The van der Waals surface area contributed by atoms with Crippen LogP contribution in [0.1, 0.15) is 323 Å². The fourth-order valence-electron chi connectivity index (χ4n) is 9.27. The van der Waals surface area contributed by atoms with Crippen LogP contribution >= 0.6 is 0 Å². The number of hydrogen-bond donors (Lipinski definition) is 0. The van der Waals surface area contributed by atoms with E-state index in [1.165, 1.54) is 180 Å². The van der Waals surface area contributed by atoms with E-state index >= 15 is 0 Å². The Labute approximate surface area is 471 Å². The summed E-state index contributed by atoms with van der Waals surface area (Å²) >= 11 is 0. The van der Waals surface area contributed by atoms with Gasteiger partial charge in [0.2, 0.25) is 0 Å². The van der Waals surface area contributed by atoms with E-state index in [-0.39, 0.29) is 31.1 Å². The molecule has 0 aliphatic rings. The van der Waals surface area contributed by atoms with E-state index in [2.05, 4.69) is 106 Å². The molecule has 0 saturated heterocycles. The zero-order valence-electron chi connectivity index (χ0n) is 50.3. The van der Waals surface area contributed by atoms with Gasteiger partial charge in [0.05, 0.1) is 0 Å². The van der Waals surface area contributed by atoms with Crippen LogP contribution in [-0.2, 0) is 28.6 Å². The maximum absolute atomic E-state index is 12.9. The molecule has 0 amide bonds. The Morgan fingerprint density at radius 3 is 0.816 bits per heavy atom. The molecule has 6 heteroatoms. The molecule has 0 heterocycles. The summed E-state index contributed by atoms with van der Waals surface area (Å²) in [5.41, 5.74) is 0. The molecule has 0 aliphatic carbocycles. The lowest BCUT2D eigenvalue weighted by atomic mass is 10.0. The van der Waals surface area contributed by atoms with Crippen molar-refractivity contribution in [2.75, 3.05) is 13.2 Å². The van der Waals surface area contributed by atoms with Crippen LogP contribution in [0.15, 0.2) is 85.1 Å². The maximum Gasteiger partial charge on any atom is 0.306 e. The number of carbonyl (C=O) groups excluding carboxylic acids is 3. The van der Waals surface area contributed by atoms with Crippen molar-refractivity contribution in [3.8, 4) is 0 Å². The monoisotopic (exact) mass is 1060 g/mol. The highest BCUT2D eigenvalue weighted by atomic mass is 16.6. The van der Waals surface area contributed by atoms with Gasteiger partial charge >= 0.3 is 17.9 Å². The Morgan fingerprint density at radius 1 is 0.276 bits per heavy atom. The summed E-state index contributed by atoms with van der Waals surface area (Å²) in [6, 6.07) is 0. The first-order valence-electron chi connectivity index (χ1n) is 32.6. The molecule has 1 unspecified atom stereocenters. The first kappa shape index (κ1) is 72.6. The number of unbranched alkanes of at least 4 members (excludes halogenated alkanes) is 34. The molecule has 438 valence electrons. The minimum Gasteiger partial charge on any atom is -0.462 e. The zero-order valence-corrected chi connectivity index (χ0v) is 50.3. The second-order valence-electron chi connectivity index (χ2n) is 21.6. The fraction of sp³-hybridized carbons (Fsp3) is 0.757. The van der Waals surface area contributed by atoms with Crippen LogP contribution in [-0.4, -0.2) is 37.2 Å². The largest absolute Gasteiger partial charge is 0.462 e. The Bertz CT molecular complexity index is 1450. The molecular formula is C70H122O6. The van der Waals surface area contributed by atoms with Crippen LogP contribution in [0.25, 0.3) is 0 Å². The summed E-state index contributed by atoms with van der Waals surface area (Å²) in [5.74, 6) is -0.907. The average molecular weight is 1060 g/mol. The molecule has 76 heavy (non-hydrogen) atoms. The minimum absolute atomic E-state index is 0.0877. The van der Waals surface area contributed by atoms with Gasteiger partial charge in [-0.05, 0) is 96.3 Å². The number of rotatable bonds is 59. The van der Waals surface area contributed by atoms with Crippen molar-refractivity contribution >= 4 is 17.9 Å². The molecule has 0 aliphatic heterocycles. The number of allylic oxidation sites excluding steroid dienone is 14. The summed E-state index contributed by atoms with van der Waals surface area (Å²) in [6.07, 6.45) is 84.4. The smallest absolute Gasteiger partial charge is 0.306 e. The number of carbonyl (C=O) groups is 3. The molecular weight excluding hydrogens is 937 g/mol. The first-order valence-corrected chi connectivity index (χ1v) is 32.6. The average Bonchev–Trinajstić information content (AvgIpc) is 3.42. The second-order valence-corrected chi connectivity index (χ2v) is 21.6. The van der Waals surface area contributed by atoms with Crippen LogP contribution < -0.4 is 0 Å². The van der Waals surface area contributed by atoms with E-state index in [9.17, 15) is 14.4 Å². The third-order valence-electron chi connectivity index (χ3n) is 14.1. The van der Waals surface area contributed by atoms with Gasteiger partial charge in [0.15, 0.2) is 6.10 Å². The third-order valence-corrected chi connectivity index (χ3v) is 14.1. The van der Waals surface area contributed by atoms with Crippen molar-refractivity contribution < 1.29 is 28.6 Å². The van der Waals surface area contributed by atoms with Crippen molar-refractivity contribution in [2.24, 2.45) is 0 Å². The number of ether oxygens (including phenoxy) is 3.